The van der Waals surface area contributed by atoms with Gasteiger partial charge in [-0.1, -0.05) is 6.07 Å². The summed E-state index contributed by atoms with van der Waals surface area (Å²) in [5.41, 5.74) is 0.535. The van der Waals surface area contributed by atoms with Gasteiger partial charge in [0.05, 0.1) is 0 Å². The van der Waals surface area contributed by atoms with Crippen LogP contribution in [0, 0.1) is 6.92 Å². The zero-order chi connectivity index (χ0) is 18.4. The lowest BCUT2D eigenvalue weighted by molar-refractivity contribution is 0.0953. The average Bonchev–Trinajstić information content (AvgIpc) is 3.28. The minimum atomic E-state index is -0.155. The van der Waals surface area contributed by atoms with Crippen LogP contribution in [0.5, 0.6) is 5.75 Å². The normalized spacial score (nSPS) is 10.7. The molecular weight excluding hydrogens is 334 g/mol. The molecule has 2 aromatic heterocycles. The SMILES string of the molecule is CCn1nnnc1COc1cccc(C(=O)NCCc2ccc(C)o2)c1. The third-order valence-electron chi connectivity index (χ3n) is 3.82. The number of nitrogens with zero attached hydrogens (tertiary/aromatic N) is 4. The number of carbonyl (C=O) groups is 1. The van der Waals surface area contributed by atoms with Gasteiger partial charge in [0.2, 0.25) is 0 Å². The number of aryl methyl sites for hydroxylation is 2. The topological polar surface area (TPSA) is 95.1 Å². The molecule has 1 amide bonds. The van der Waals surface area contributed by atoms with Crippen molar-refractivity contribution in [1.29, 1.82) is 0 Å². The van der Waals surface area contributed by atoms with Crippen LogP contribution in [0.1, 0.15) is 34.6 Å². The first kappa shape index (κ1) is 17.7. The lowest BCUT2D eigenvalue weighted by Crippen LogP contribution is -2.25. The highest BCUT2D eigenvalue weighted by Crippen LogP contribution is 2.15. The minimum Gasteiger partial charge on any atom is -0.486 e. The van der Waals surface area contributed by atoms with Crippen molar-refractivity contribution < 1.29 is 13.9 Å². The fourth-order valence-electron chi connectivity index (χ4n) is 2.47. The van der Waals surface area contributed by atoms with Crippen molar-refractivity contribution in [3.05, 3.63) is 59.3 Å². The first-order valence-corrected chi connectivity index (χ1v) is 8.47. The van der Waals surface area contributed by atoms with E-state index in [2.05, 4.69) is 20.8 Å². The van der Waals surface area contributed by atoms with Crippen LogP contribution in [-0.2, 0) is 19.6 Å². The zero-order valence-corrected chi connectivity index (χ0v) is 14.8. The quantitative estimate of drug-likeness (QED) is 0.665. The summed E-state index contributed by atoms with van der Waals surface area (Å²) in [5, 5.41) is 14.3. The Balaban J connectivity index is 1.53. The average molecular weight is 355 g/mol. The summed E-state index contributed by atoms with van der Waals surface area (Å²) in [5.74, 6) is 2.79. The van der Waals surface area contributed by atoms with Gasteiger partial charge in [0.15, 0.2) is 5.82 Å². The van der Waals surface area contributed by atoms with E-state index in [1.165, 1.54) is 0 Å². The highest BCUT2D eigenvalue weighted by Gasteiger charge is 2.09. The van der Waals surface area contributed by atoms with Crippen LogP contribution in [0.4, 0.5) is 0 Å². The molecule has 8 nitrogen and oxygen atoms in total. The molecule has 136 valence electrons. The molecule has 3 rings (SSSR count). The van der Waals surface area contributed by atoms with Crippen LogP contribution < -0.4 is 10.1 Å². The summed E-state index contributed by atoms with van der Waals surface area (Å²) in [4.78, 5) is 12.3. The first-order chi connectivity index (χ1) is 12.7. The van der Waals surface area contributed by atoms with Crippen LogP contribution in [0.2, 0.25) is 0 Å². The number of ether oxygens (including phenoxy) is 1. The predicted molar refractivity (Wildman–Crippen MR) is 93.7 cm³/mol. The third kappa shape index (κ3) is 4.47. The van der Waals surface area contributed by atoms with Gasteiger partial charge in [-0.15, -0.1) is 5.10 Å². The smallest absolute Gasteiger partial charge is 0.251 e. The number of hydrogen-bond acceptors (Lipinski definition) is 6. The summed E-state index contributed by atoms with van der Waals surface area (Å²) in [6.07, 6.45) is 0.648. The van der Waals surface area contributed by atoms with Gasteiger partial charge in [0.25, 0.3) is 5.91 Å². The number of amides is 1. The van der Waals surface area contributed by atoms with Crippen LogP contribution in [0.25, 0.3) is 0 Å². The number of furan rings is 1. The van der Waals surface area contributed by atoms with Crippen molar-refractivity contribution in [2.45, 2.75) is 33.4 Å². The Labute approximate surface area is 151 Å². The lowest BCUT2D eigenvalue weighted by atomic mass is 10.2. The van der Waals surface area contributed by atoms with Gasteiger partial charge in [-0.2, -0.15) is 0 Å². The van der Waals surface area contributed by atoms with E-state index < -0.39 is 0 Å². The molecule has 0 aliphatic carbocycles. The number of carbonyl (C=O) groups excluding carboxylic acids is 1. The van der Waals surface area contributed by atoms with Crippen molar-refractivity contribution >= 4 is 5.91 Å². The molecule has 0 bridgehead atoms. The highest BCUT2D eigenvalue weighted by molar-refractivity contribution is 5.94. The van der Waals surface area contributed by atoms with Crippen molar-refractivity contribution in [1.82, 2.24) is 25.5 Å². The summed E-state index contributed by atoms with van der Waals surface area (Å²) < 4.78 is 12.8. The summed E-state index contributed by atoms with van der Waals surface area (Å²) in [6, 6.07) is 10.8. The molecule has 26 heavy (non-hydrogen) atoms. The maximum absolute atomic E-state index is 12.3. The molecule has 8 heteroatoms. The van der Waals surface area contributed by atoms with E-state index in [1.54, 1.807) is 28.9 Å². The molecule has 1 N–H and O–H groups in total. The van der Waals surface area contributed by atoms with Crippen molar-refractivity contribution in [3.63, 3.8) is 0 Å². The number of nitrogens with one attached hydrogen (secondary N) is 1. The second-order valence-electron chi connectivity index (χ2n) is 5.75. The summed E-state index contributed by atoms with van der Waals surface area (Å²) in [6.45, 7) is 5.26. The summed E-state index contributed by atoms with van der Waals surface area (Å²) in [7, 11) is 0. The van der Waals surface area contributed by atoms with Gasteiger partial charge in [-0.25, -0.2) is 4.68 Å². The van der Waals surface area contributed by atoms with Crippen LogP contribution in [0.3, 0.4) is 0 Å². The molecule has 0 aliphatic heterocycles. The van der Waals surface area contributed by atoms with E-state index in [1.807, 2.05) is 26.0 Å². The standard InChI is InChI=1S/C18H21N5O3/c1-3-23-17(20-21-22-23)12-25-16-6-4-5-14(11-16)18(24)19-10-9-15-8-7-13(2)26-15/h4-8,11H,3,9-10,12H2,1-2H3,(H,19,24). The lowest BCUT2D eigenvalue weighted by Gasteiger charge is -2.08. The number of aromatic nitrogens is 4. The van der Waals surface area contributed by atoms with E-state index in [0.717, 1.165) is 11.5 Å². The van der Waals surface area contributed by atoms with E-state index in [-0.39, 0.29) is 12.5 Å². The molecule has 2 heterocycles. The second-order valence-corrected chi connectivity index (χ2v) is 5.75. The molecule has 0 aliphatic rings. The Kier molecular flexibility index (Phi) is 5.62. The molecule has 0 atom stereocenters. The molecule has 0 unspecified atom stereocenters. The van der Waals surface area contributed by atoms with Crippen molar-refractivity contribution in [2.75, 3.05) is 6.54 Å². The largest absolute Gasteiger partial charge is 0.486 e. The maximum Gasteiger partial charge on any atom is 0.251 e. The predicted octanol–water partition coefficient (Wildman–Crippen LogP) is 2.15. The fourth-order valence-corrected chi connectivity index (χ4v) is 2.47. The van der Waals surface area contributed by atoms with E-state index in [4.69, 9.17) is 9.15 Å². The van der Waals surface area contributed by atoms with E-state index in [0.29, 0.717) is 36.6 Å². The van der Waals surface area contributed by atoms with Gasteiger partial charge < -0.3 is 14.5 Å². The molecule has 0 saturated carbocycles. The van der Waals surface area contributed by atoms with Crippen LogP contribution in [-0.4, -0.2) is 32.7 Å². The third-order valence-corrected chi connectivity index (χ3v) is 3.82. The van der Waals surface area contributed by atoms with E-state index >= 15 is 0 Å². The molecule has 0 saturated heterocycles. The number of rotatable bonds is 8. The molecule has 0 spiro atoms. The van der Waals surface area contributed by atoms with Gasteiger partial charge in [0.1, 0.15) is 23.9 Å². The number of hydrogen-bond donors (Lipinski definition) is 1. The molecule has 3 aromatic rings. The Morgan fingerprint density at radius 2 is 2.19 bits per heavy atom. The van der Waals surface area contributed by atoms with E-state index in [9.17, 15) is 4.79 Å². The zero-order valence-electron chi connectivity index (χ0n) is 14.8. The maximum atomic E-state index is 12.3. The van der Waals surface area contributed by atoms with Gasteiger partial charge in [-0.3, -0.25) is 4.79 Å². The molecule has 1 aromatic carbocycles. The monoisotopic (exact) mass is 355 g/mol. The Hall–Kier alpha value is -3.16. The summed E-state index contributed by atoms with van der Waals surface area (Å²) >= 11 is 0. The Morgan fingerprint density at radius 1 is 1.31 bits per heavy atom. The number of benzene rings is 1. The van der Waals surface area contributed by atoms with Crippen LogP contribution in [0.15, 0.2) is 40.8 Å². The highest BCUT2D eigenvalue weighted by atomic mass is 16.5. The fraction of sp³-hybridized carbons (Fsp3) is 0.333. The van der Waals surface area contributed by atoms with Gasteiger partial charge in [0, 0.05) is 25.1 Å². The second kappa shape index (κ2) is 8.28. The van der Waals surface area contributed by atoms with Gasteiger partial charge in [-0.05, 0) is 54.6 Å². The first-order valence-electron chi connectivity index (χ1n) is 8.47. The molecule has 0 fully saturated rings. The van der Waals surface area contributed by atoms with Crippen molar-refractivity contribution in [3.8, 4) is 5.75 Å². The molecule has 0 radical (unpaired) electrons. The minimum absolute atomic E-state index is 0.155. The Morgan fingerprint density at radius 3 is 2.96 bits per heavy atom. The Bertz CT molecular complexity index is 871. The van der Waals surface area contributed by atoms with Crippen molar-refractivity contribution in [2.24, 2.45) is 0 Å². The number of tetrazole rings is 1. The van der Waals surface area contributed by atoms with Gasteiger partial charge >= 0.3 is 0 Å². The molecular formula is C18H21N5O3. The van der Waals surface area contributed by atoms with Crippen LogP contribution >= 0.6 is 0 Å².